The predicted molar refractivity (Wildman–Crippen MR) is 86.3 cm³/mol. The molecule has 0 aliphatic rings. The number of nitrogens with one attached hydrogen (secondary N) is 1. The number of ether oxygens (including phenoxy) is 3. The normalized spacial score (nSPS) is 11.6. The number of carbonyl (C=O) groups excluding carboxylic acids is 3. The fraction of sp³-hybridized carbons (Fsp3) is 0.471. The van der Waals surface area contributed by atoms with Gasteiger partial charge in [0.15, 0.2) is 13.2 Å². The fourth-order valence-corrected chi connectivity index (χ4v) is 1.95. The van der Waals surface area contributed by atoms with Gasteiger partial charge in [-0.05, 0) is 24.5 Å². The van der Waals surface area contributed by atoms with Gasteiger partial charge in [0.25, 0.3) is 5.91 Å². The summed E-state index contributed by atoms with van der Waals surface area (Å²) >= 11 is 0. The molecule has 0 saturated carbocycles. The first kappa shape index (κ1) is 20.4. The number of benzene rings is 1. The number of esters is 2. The Labute approximate surface area is 145 Å². The van der Waals surface area contributed by atoms with Crippen molar-refractivity contribution in [3.63, 3.8) is 0 Å². The highest BCUT2D eigenvalue weighted by Crippen LogP contribution is 2.11. The van der Waals surface area contributed by atoms with Crippen LogP contribution in [0.4, 0.5) is 4.39 Å². The highest BCUT2D eigenvalue weighted by Gasteiger charge is 2.23. The first-order valence-corrected chi connectivity index (χ1v) is 7.73. The van der Waals surface area contributed by atoms with Crippen LogP contribution in [0.2, 0.25) is 0 Å². The average Bonchev–Trinajstić information content (AvgIpc) is 2.56. The zero-order valence-corrected chi connectivity index (χ0v) is 14.4. The minimum absolute atomic E-state index is 0.159. The van der Waals surface area contributed by atoms with E-state index in [0.717, 1.165) is 6.07 Å². The molecule has 138 valence electrons. The van der Waals surface area contributed by atoms with Crippen molar-refractivity contribution in [1.82, 2.24) is 5.32 Å². The maximum atomic E-state index is 13.0. The number of halogens is 1. The van der Waals surface area contributed by atoms with Crippen LogP contribution in [0.25, 0.3) is 0 Å². The largest absolute Gasteiger partial charge is 0.482 e. The van der Waals surface area contributed by atoms with Crippen molar-refractivity contribution < 1.29 is 33.0 Å². The van der Waals surface area contributed by atoms with Gasteiger partial charge in [0, 0.05) is 6.07 Å². The van der Waals surface area contributed by atoms with Crippen LogP contribution >= 0.6 is 0 Å². The lowest BCUT2D eigenvalue weighted by Gasteiger charge is -2.18. The van der Waals surface area contributed by atoms with E-state index < -0.39 is 42.9 Å². The Morgan fingerprint density at radius 3 is 2.52 bits per heavy atom. The van der Waals surface area contributed by atoms with Crippen LogP contribution in [0.3, 0.4) is 0 Å². The maximum absolute atomic E-state index is 13.0. The number of carbonyl (C=O) groups is 3. The molecule has 8 heteroatoms. The van der Waals surface area contributed by atoms with E-state index in [-0.39, 0.29) is 11.7 Å². The summed E-state index contributed by atoms with van der Waals surface area (Å²) in [6.07, 6.45) is 0.398. The molecule has 1 unspecified atom stereocenters. The lowest BCUT2D eigenvalue weighted by Crippen LogP contribution is -2.44. The van der Waals surface area contributed by atoms with E-state index in [1.165, 1.54) is 25.3 Å². The summed E-state index contributed by atoms with van der Waals surface area (Å²) in [5.74, 6) is -2.16. The Bertz CT molecular complexity index is 605. The van der Waals surface area contributed by atoms with Gasteiger partial charge in [-0.1, -0.05) is 19.9 Å². The van der Waals surface area contributed by atoms with Crippen molar-refractivity contribution in [2.24, 2.45) is 5.92 Å². The third-order valence-corrected chi connectivity index (χ3v) is 3.05. The average molecular weight is 355 g/mol. The summed E-state index contributed by atoms with van der Waals surface area (Å²) in [6.45, 7) is 2.76. The standard InChI is InChI=1S/C17H22FNO6/c1-11(2)7-14(17(22)23-3)19-15(20)9-25-16(21)10-24-13-6-4-5-12(18)8-13/h4-6,8,11,14H,7,9-10H2,1-3H3,(H,19,20). The second kappa shape index (κ2) is 10.3. The van der Waals surface area contributed by atoms with Crippen molar-refractivity contribution in [1.29, 1.82) is 0 Å². The van der Waals surface area contributed by atoms with E-state index in [1.807, 2.05) is 13.8 Å². The molecule has 1 aromatic rings. The van der Waals surface area contributed by atoms with E-state index in [2.05, 4.69) is 10.1 Å². The van der Waals surface area contributed by atoms with Crippen molar-refractivity contribution in [3.8, 4) is 5.75 Å². The Hall–Kier alpha value is -2.64. The Morgan fingerprint density at radius 1 is 1.20 bits per heavy atom. The molecule has 1 amide bonds. The van der Waals surface area contributed by atoms with Crippen LogP contribution in [-0.4, -0.2) is 44.2 Å². The fourth-order valence-electron chi connectivity index (χ4n) is 1.95. The highest BCUT2D eigenvalue weighted by molar-refractivity contribution is 5.86. The van der Waals surface area contributed by atoms with Gasteiger partial charge in [0.05, 0.1) is 7.11 Å². The van der Waals surface area contributed by atoms with E-state index in [4.69, 9.17) is 9.47 Å². The molecule has 7 nitrogen and oxygen atoms in total. The Kier molecular flexibility index (Phi) is 8.38. The van der Waals surface area contributed by atoms with Crippen LogP contribution in [0.15, 0.2) is 24.3 Å². The summed E-state index contributed by atoms with van der Waals surface area (Å²) in [5.41, 5.74) is 0. The minimum Gasteiger partial charge on any atom is -0.482 e. The molecular weight excluding hydrogens is 333 g/mol. The molecule has 0 radical (unpaired) electrons. The van der Waals surface area contributed by atoms with Crippen LogP contribution in [0.1, 0.15) is 20.3 Å². The summed E-state index contributed by atoms with van der Waals surface area (Å²) in [6, 6.07) is 4.47. The third kappa shape index (κ3) is 8.14. The molecule has 1 atom stereocenters. The topological polar surface area (TPSA) is 90.9 Å². The van der Waals surface area contributed by atoms with Gasteiger partial charge in [-0.3, -0.25) is 4.79 Å². The van der Waals surface area contributed by atoms with Crippen molar-refractivity contribution in [3.05, 3.63) is 30.1 Å². The number of hydrogen-bond donors (Lipinski definition) is 1. The SMILES string of the molecule is COC(=O)C(CC(C)C)NC(=O)COC(=O)COc1cccc(F)c1. The molecular formula is C17H22FNO6. The molecule has 0 spiro atoms. The van der Waals surface area contributed by atoms with Gasteiger partial charge in [0.2, 0.25) is 0 Å². The Balaban J connectivity index is 2.38. The second-order valence-electron chi connectivity index (χ2n) is 5.68. The molecule has 25 heavy (non-hydrogen) atoms. The predicted octanol–water partition coefficient (Wildman–Crippen LogP) is 1.45. The minimum atomic E-state index is -0.806. The lowest BCUT2D eigenvalue weighted by atomic mass is 10.0. The Morgan fingerprint density at radius 2 is 1.92 bits per heavy atom. The molecule has 1 aromatic carbocycles. The van der Waals surface area contributed by atoms with Gasteiger partial charge < -0.3 is 19.5 Å². The first-order valence-electron chi connectivity index (χ1n) is 7.73. The van der Waals surface area contributed by atoms with Crippen LogP contribution in [0, 0.1) is 11.7 Å². The van der Waals surface area contributed by atoms with E-state index in [0.29, 0.717) is 6.42 Å². The van der Waals surface area contributed by atoms with Gasteiger partial charge in [-0.2, -0.15) is 0 Å². The monoisotopic (exact) mass is 355 g/mol. The molecule has 0 fully saturated rings. The maximum Gasteiger partial charge on any atom is 0.344 e. The third-order valence-electron chi connectivity index (χ3n) is 3.05. The summed E-state index contributed by atoms with van der Waals surface area (Å²) < 4.78 is 27.4. The number of hydrogen-bond acceptors (Lipinski definition) is 6. The number of methoxy groups -OCH3 is 1. The smallest absolute Gasteiger partial charge is 0.344 e. The van der Waals surface area contributed by atoms with Crippen LogP contribution < -0.4 is 10.1 Å². The molecule has 0 heterocycles. The summed E-state index contributed by atoms with van der Waals surface area (Å²) in [5, 5.41) is 2.45. The van der Waals surface area contributed by atoms with Crippen molar-refractivity contribution in [2.75, 3.05) is 20.3 Å². The molecule has 1 N–H and O–H groups in total. The van der Waals surface area contributed by atoms with Crippen LogP contribution in [-0.2, 0) is 23.9 Å². The van der Waals surface area contributed by atoms with E-state index in [9.17, 15) is 18.8 Å². The van der Waals surface area contributed by atoms with Gasteiger partial charge in [-0.15, -0.1) is 0 Å². The molecule has 0 bridgehead atoms. The summed E-state index contributed by atoms with van der Waals surface area (Å²) in [4.78, 5) is 35.0. The highest BCUT2D eigenvalue weighted by atomic mass is 19.1. The number of amides is 1. The first-order chi connectivity index (χ1) is 11.8. The van der Waals surface area contributed by atoms with Crippen LogP contribution in [0.5, 0.6) is 5.75 Å². The summed E-state index contributed by atoms with van der Waals surface area (Å²) in [7, 11) is 1.23. The molecule has 0 aliphatic carbocycles. The number of rotatable bonds is 9. The van der Waals surface area contributed by atoms with Gasteiger partial charge in [-0.25, -0.2) is 14.0 Å². The lowest BCUT2D eigenvalue weighted by molar-refractivity contribution is -0.151. The van der Waals surface area contributed by atoms with Crippen molar-refractivity contribution in [2.45, 2.75) is 26.3 Å². The quantitative estimate of drug-likeness (QED) is 0.674. The molecule has 0 saturated heterocycles. The van der Waals surface area contributed by atoms with Gasteiger partial charge >= 0.3 is 11.9 Å². The zero-order chi connectivity index (χ0) is 18.8. The van der Waals surface area contributed by atoms with Crippen molar-refractivity contribution >= 4 is 17.8 Å². The second-order valence-corrected chi connectivity index (χ2v) is 5.68. The molecule has 0 aromatic heterocycles. The zero-order valence-electron chi connectivity index (χ0n) is 14.4. The van der Waals surface area contributed by atoms with E-state index >= 15 is 0 Å². The van der Waals surface area contributed by atoms with Gasteiger partial charge in [0.1, 0.15) is 17.6 Å². The van der Waals surface area contributed by atoms with E-state index in [1.54, 1.807) is 0 Å². The molecule has 0 aliphatic heterocycles. The molecule has 1 rings (SSSR count).